The SMILES string of the molecule is C=CC.CCCC.CCCCCCC(C)C(C)CC(C)CCC.CCCCCCCC(CCCCC)CCCCCC. The summed E-state index contributed by atoms with van der Waals surface area (Å²) in [6, 6.07) is 0. The van der Waals surface area contributed by atoms with Gasteiger partial charge in [-0.1, -0.05) is 229 Å². The van der Waals surface area contributed by atoms with Crippen molar-refractivity contribution in [2.75, 3.05) is 0 Å². The third-order valence-electron chi connectivity index (χ3n) is 8.94. The zero-order valence-electron chi connectivity index (χ0n) is 32.3. The Labute approximate surface area is 272 Å². The summed E-state index contributed by atoms with van der Waals surface area (Å²) >= 11 is 0. The second-order valence-corrected chi connectivity index (χ2v) is 13.8. The first-order chi connectivity index (χ1) is 20.3. The molecule has 0 nitrogen and oxygen atoms in total. The largest absolute Gasteiger partial charge is 0.103 e. The predicted molar refractivity (Wildman–Crippen MR) is 202 cm³/mol. The first-order valence-corrected chi connectivity index (χ1v) is 19.9. The molecule has 0 spiro atoms. The molecular formula is C42H90. The Morgan fingerprint density at radius 2 is 0.738 bits per heavy atom. The molecule has 0 aliphatic rings. The van der Waals surface area contributed by atoms with Gasteiger partial charge in [-0.25, -0.2) is 0 Å². The smallest absolute Gasteiger partial charge is 0.0414 e. The maximum atomic E-state index is 3.36. The van der Waals surface area contributed by atoms with E-state index in [2.05, 4.69) is 75.8 Å². The van der Waals surface area contributed by atoms with Crippen LogP contribution < -0.4 is 0 Å². The van der Waals surface area contributed by atoms with E-state index >= 15 is 0 Å². The molecule has 258 valence electrons. The highest BCUT2D eigenvalue weighted by atomic mass is 14.2. The zero-order chi connectivity index (χ0) is 32.7. The fourth-order valence-electron chi connectivity index (χ4n) is 5.67. The number of allylic oxidation sites excluding steroid dienone is 1. The van der Waals surface area contributed by atoms with E-state index in [-0.39, 0.29) is 0 Å². The summed E-state index contributed by atoms with van der Waals surface area (Å²) in [5, 5.41) is 0. The van der Waals surface area contributed by atoms with E-state index in [0.29, 0.717) is 0 Å². The van der Waals surface area contributed by atoms with Gasteiger partial charge in [-0.2, -0.15) is 0 Å². The molecule has 0 aromatic heterocycles. The van der Waals surface area contributed by atoms with Crippen LogP contribution in [0.3, 0.4) is 0 Å². The van der Waals surface area contributed by atoms with Crippen LogP contribution >= 0.6 is 0 Å². The minimum absolute atomic E-state index is 0.920. The molecular weight excluding hydrogens is 504 g/mol. The maximum absolute atomic E-state index is 3.36. The molecule has 0 amide bonds. The molecule has 0 saturated carbocycles. The van der Waals surface area contributed by atoms with Gasteiger partial charge in [-0.15, -0.1) is 6.58 Å². The Kier molecular flexibility index (Phi) is 52.3. The molecule has 4 unspecified atom stereocenters. The summed E-state index contributed by atoms with van der Waals surface area (Å²) < 4.78 is 0. The van der Waals surface area contributed by atoms with Crippen molar-refractivity contribution in [1.82, 2.24) is 0 Å². The standard InChI is InChI=1S/C19H40.C16H34.C4H10.C3H6/c1-4-7-10-12-15-18-19(16-13-9-6-3)17-14-11-8-5-2;1-6-8-9-10-12-15(4)16(5)13-14(3)11-7-2;1-3-4-2;1-3-2/h19H,4-18H2,1-3H3;14-16H,6-13H2,1-5H3;3-4H2,1-2H3;3H,1H2,2H3. The molecule has 0 radical (unpaired) electrons. The second-order valence-electron chi connectivity index (χ2n) is 13.8. The van der Waals surface area contributed by atoms with Crippen molar-refractivity contribution < 1.29 is 0 Å². The predicted octanol–water partition coefficient (Wildman–Crippen LogP) is 16.6. The fraction of sp³-hybridized carbons (Fsp3) is 0.952. The highest BCUT2D eigenvalue weighted by Gasteiger charge is 2.14. The van der Waals surface area contributed by atoms with Gasteiger partial charge in [0.15, 0.2) is 0 Å². The van der Waals surface area contributed by atoms with Gasteiger partial charge in [0.05, 0.1) is 0 Å². The van der Waals surface area contributed by atoms with E-state index < -0.39 is 0 Å². The lowest BCUT2D eigenvalue weighted by molar-refractivity contribution is 0.285. The Balaban J connectivity index is -0.000000283. The van der Waals surface area contributed by atoms with Gasteiger partial charge in [0.1, 0.15) is 0 Å². The average Bonchev–Trinajstić information content (AvgIpc) is 2.98. The van der Waals surface area contributed by atoms with Gasteiger partial charge in [-0.3, -0.25) is 0 Å². The van der Waals surface area contributed by atoms with Crippen molar-refractivity contribution in [3.63, 3.8) is 0 Å². The van der Waals surface area contributed by atoms with Gasteiger partial charge < -0.3 is 0 Å². The van der Waals surface area contributed by atoms with Crippen molar-refractivity contribution in [3.05, 3.63) is 12.7 Å². The Bertz CT molecular complexity index is 422. The molecule has 0 heteroatoms. The summed E-state index contributed by atoms with van der Waals surface area (Å²) in [4.78, 5) is 0. The van der Waals surface area contributed by atoms with Crippen LogP contribution in [0.2, 0.25) is 0 Å². The lowest BCUT2D eigenvalue weighted by Gasteiger charge is -2.23. The molecule has 0 fully saturated rings. The monoisotopic (exact) mass is 595 g/mol. The number of hydrogen-bond donors (Lipinski definition) is 0. The Hall–Kier alpha value is -0.260. The molecule has 0 saturated heterocycles. The zero-order valence-corrected chi connectivity index (χ0v) is 32.3. The molecule has 0 aliphatic heterocycles. The molecule has 0 aromatic rings. The van der Waals surface area contributed by atoms with E-state index in [0.717, 1.165) is 23.7 Å². The lowest BCUT2D eigenvalue weighted by Crippen LogP contribution is -2.12. The minimum Gasteiger partial charge on any atom is -0.103 e. The summed E-state index contributed by atoms with van der Waals surface area (Å²) in [7, 11) is 0. The van der Waals surface area contributed by atoms with Gasteiger partial charge in [0, 0.05) is 0 Å². The van der Waals surface area contributed by atoms with Crippen LogP contribution in [0.1, 0.15) is 237 Å². The summed E-state index contributed by atoms with van der Waals surface area (Å²) in [5.74, 6) is 3.82. The molecule has 0 aliphatic carbocycles. The van der Waals surface area contributed by atoms with E-state index in [9.17, 15) is 0 Å². The average molecular weight is 595 g/mol. The lowest BCUT2D eigenvalue weighted by atomic mass is 9.83. The van der Waals surface area contributed by atoms with Crippen LogP contribution in [-0.2, 0) is 0 Å². The second kappa shape index (κ2) is 45.2. The van der Waals surface area contributed by atoms with Crippen LogP contribution in [0.25, 0.3) is 0 Å². The highest BCUT2D eigenvalue weighted by Crippen LogP contribution is 2.27. The fourth-order valence-corrected chi connectivity index (χ4v) is 5.67. The summed E-state index contributed by atoms with van der Waals surface area (Å²) in [5.41, 5.74) is 0. The number of hydrogen-bond acceptors (Lipinski definition) is 0. The number of unbranched alkanes of at least 4 members (excludes halogenated alkanes) is 13. The van der Waals surface area contributed by atoms with Gasteiger partial charge in [0.25, 0.3) is 0 Å². The van der Waals surface area contributed by atoms with Gasteiger partial charge >= 0.3 is 0 Å². The van der Waals surface area contributed by atoms with Crippen LogP contribution in [0.15, 0.2) is 12.7 Å². The van der Waals surface area contributed by atoms with E-state index in [1.165, 1.54) is 161 Å². The molecule has 0 rings (SSSR count). The van der Waals surface area contributed by atoms with E-state index in [1.807, 2.05) is 6.92 Å². The van der Waals surface area contributed by atoms with Crippen molar-refractivity contribution in [3.8, 4) is 0 Å². The summed E-state index contributed by atoms with van der Waals surface area (Å²) in [6.07, 6.45) is 37.5. The Morgan fingerprint density at radius 1 is 0.405 bits per heavy atom. The quantitative estimate of drug-likeness (QED) is 0.0690. The van der Waals surface area contributed by atoms with Crippen LogP contribution in [0.5, 0.6) is 0 Å². The first-order valence-electron chi connectivity index (χ1n) is 19.9. The first kappa shape index (κ1) is 48.6. The third kappa shape index (κ3) is 46.7. The van der Waals surface area contributed by atoms with Crippen LogP contribution in [0, 0.1) is 23.7 Å². The van der Waals surface area contributed by atoms with Crippen molar-refractivity contribution in [2.45, 2.75) is 237 Å². The molecule has 0 aromatic carbocycles. The maximum Gasteiger partial charge on any atom is -0.0414 e. The highest BCUT2D eigenvalue weighted by molar-refractivity contribution is 4.66. The van der Waals surface area contributed by atoms with Crippen molar-refractivity contribution >= 4 is 0 Å². The van der Waals surface area contributed by atoms with Crippen LogP contribution in [-0.4, -0.2) is 0 Å². The number of rotatable bonds is 26. The van der Waals surface area contributed by atoms with Gasteiger partial charge in [0.2, 0.25) is 0 Å². The molecule has 0 bridgehead atoms. The minimum atomic E-state index is 0.920. The topological polar surface area (TPSA) is 0 Å². The third-order valence-corrected chi connectivity index (χ3v) is 8.94. The van der Waals surface area contributed by atoms with Crippen molar-refractivity contribution in [2.24, 2.45) is 23.7 Å². The van der Waals surface area contributed by atoms with Crippen LogP contribution in [0.4, 0.5) is 0 Å². The van der Waals surface area contributed by atoms with E-state index in [4.69, 9.17) is 0 Å². The molecule has 42 heavy (non-hydrogen) atoms. The molecule has 0 N–H and O–H groups in total. The van der Waals surface area contributed by atoms with Gasteiger partial charge in [-0.05, 0) is 37.0 Å². The molecule has 4 atom stereocenters. The van der Waals surface area contributed by atoms with Crippen molar-refractivity contribution in [1.29, 1.82) is 0 Å². The molecule has 0 heterocycles. The Morgan fingerprint density at radius 3 is 1.12 bits per heavy atom. The normalized spacial score (nSPS) is 13.3. The summed E-state index contributed by atoms with van der Waals surface area (Å²) in [6.45, 7) is 28.5. The van der Waals surface area contributed by atoms with E-state index in [1.54, 1.807) is 6.08 Å².